The van der Waals surface area contributed by atoms with Crippen molar-refractivity contribution in [1.82, 2.24) is 10.6 Å². The van der Waals surface area contributed by atoms with Crippen molar-refractivity contribution in [3.8, 4) is 0 Å². The van der Waals surface area contributed by atoms with Gasteiger partial charge in [0, 0.05) is 0 Å². The molecule has 4 heteroatoms. The Balaban J connectivity index is 3.73. The highest BCUT2D eigenvalue weighted by atomic mass is 16.3. The Hall–Kier alpha value is -0.610. The van der Waals surface area contributed by atoms with Gasteiger partial charge in [-0.05, 0) is 12.5 Å². The van der Waals surface area contributed by atoms with E-state index in [9.17, 15) is 4.79 Å². The van der Waals surface area contributed by atoms with Crippen molar-refractivity contribution in [2.45, 2.75) is 26.8 Å². The zero-order chi connectivity index (χ0) is 10.3. The van der Waals surface area contributed by atoms with Gasteiger partial charge >= 0.3 is 0 Å². The van der Waals surface area contributed by atoms with Crippen molar-refractivity contribution >= 4 is 5.91 Å². The quantitative estimate of drug-likeness (QED) is 0.537. The van der Waals surface area contributed by atoms with E-state index in [0.717, 1.165) is 6.54 Å². The number of amides is 1. The lowest BCUT2D eigenvalue weighted by Crippen LogP contribution is -2.44. The average Bonchev–Trinajstić information content (AvgIpc) is 2.10. The molecule has 0 aliphatic heterocycles. The summed E-state index contributed by atoms with van der Waals surface area (Å²) in [6.45, 7) is 6.97. The Labute approximate surface area is 79.7 Å². The Bertz CT molecular complexity index is 149. The lowest BCUT2D eigenvalue weighted by Gasteiger charge is -2.19. The van der Waals surface area contributed by atoms with Crippen LogP contribution in [-0.2, 0) is 4.79 Å². The minimum absolute atomic E-state index is 0.00443. The highest BCUT2D eigenvalue weighted by Crippen LogP contribution is 1.99. The van der Waals surface area contributed by atoms with Crippen LogP contribution in [0.5, 0.6) is 0 Å². The summed E-state index contributed by atoms with van der Waals surface area (Å²) >= 11 is 0. The Kier molecular flexibility index (Phi) is 6.54. The molecule has 0 aromatic heterocycles. The number of carbonyl (C=O) groups excluding carboxylic acids is 1. The Morgan fingerprint density at radius 2 is 2.08 bits per heavy atom. The Morgan fingerprint density at radius 1 is 1.46 bits per heavy atom. The molecule has 0 bridgehead atoms. The van der Waals surface area contributed by atoms with E-state index in [2.05, 4.69) is 10.6 Å². The molecule has 4 nitrogen and oxygen atoms in total. The van der Waals surface area contributed by atoms with Crippen molar-refractivity contribution in [2.24, 2.45) is 5.92 Å². The second kappa shape index (κ2) is 6.86. The van der Waals surface area contributed by atoms with Crippen LogP contribution in [-0.4, -0.2) is 36.8 Å². The first-order valence-electron chi connectivity index (χ1n) is 4.72. The maximum atomic E-state index is 11.2. The second-order valence-electron chi connectivity index (χ2n) is 3.38. The molecule has 0 fully saturated rings. The van der Waals surface area contributed by atoms with Gasteiger partial charge < -0.3 is 15.7 Å². The molecule has 3 N–H and O–H groups in total. The van der Waals surface area contributed by atoms with Gasteiger partial charge in [0.1, 0.15) is 0 Å². The van der Waals surface area contributed by atoms with Crippen LogP contribution in [0.3, 0.4) is 0 Å². The van der Waals surface area contributed by atoms with Crippen molar-refractivity contribution in [2.75, 3.05) is 19.7 Å². The number of likely N-dealkylation sites (N-methyl/N-ethyl adjacent to an activating group) is 1. The van der Waals surface area contributed by atoms with Gasteiger partial charge in [-0.2, -0.15) is 0 Å². The average molecular weight is 188 g/mol. The SMILES string of the molecule is CCNCC(=O)N[C@H](CO)C(C)C. The van der Waals surface area contributed by atoms with Gasteiger partial charge in [0.05, 0.1) is 19.2 Å². The summed E-state index contributed by atoms with van der Waals surface area (Å²) in [5.41, 5.74) is 0. The van der Waals surface area contributed by atoms with Gasteiger partial charge in [-0.3, -0.25) is 4.79 Å². The summed E-state index contributed by atoms with van der Waals surface area (Å²) in [5.74, 6) is 0.199. The van der Waals surface area contributed by atoms with Gasteiger partial charge in [-0.1, -0.05) is 20.8 Å². The van der Waals surface area contributed by atoms with E-state index in [1.165, 1.54) is 0 Å². The number of nitrogens with one attached hydrogen (secondary N) is 2. The summed E-state index contributed by atoms with van der Waals surface area (Å²) in [7, 11) is 0. The predicted octanol–water partition coefficient (Wildman–Crippen LogP) is -0.271. The number of hydrogen-bond donors (Lipinski definition) is 3. The number of rotatable bonds is 6. The monoisotopic (exact) mass is 188 g/mol. The molecule has 0 aliphatic carbocycles. The standard InChI is InChI=1S/C9H20N2O2/c1-4-10-5-9(13)11-8(6-12)7(2)3/h7-8,10,12H,4-6H2,1-3H3,(H,11,13)/t8-/m1/s1. The molecule has 13 heavy (non-hydrogen) atoms. The van der Waals surface area contributed by atoms with Crippen LogP contribution in [0, 0.1) is 5.92 Å². The van der Waals surface area contributed by atoms with E-state index in [4.69, 9.17) is 5.11 Å². The first-order valence-corrected chi connectivity index (χ1v) is 4.72. The summed E-state index contributed by atoms with van der Waals surface area (Å²) in [6, 6.07) is -0.133. The lowest BCUT2D eigenvalue weighted by molar-refractivity contribution is -0.121. The lowest BCUT2D eigenvalue weighted by atomic mass is 10.1. The van der Waals surface area contributed by atoms with Crippen molar-refractivity contribution < 1.29 is 9.90 Å². The third kappa shape index (κ3) is 5.60. The molecule has 0 heterocycles. The fourth-order valence-corrected chi connectivity index (χ4v) is 0.919. The molecule has 1 atom stereocenters. The van der Waals surface area contributed by atoms with Crippen LogP contribution in [0.2, 0.25) is 0 Å². The highest BCUT2D eigenvalue weighted by Gasteiger charge is 2.13. The number of carbonyl (C=O) groups is 1. The molecule has 0 radical (unpaired) electrons. The molecule has 0 aliphatic rings. The second-order valence-corrected chi connectivity index (χ2v) is 3.38. The van der Waals surface area contributed by atoms with Crippen LogP contribution in [0.4, 0.5) is 0 Å². The van der Waals surface area contributed by atoms with Crippen LogP contribution < -0.4 is 10.6 Å². The first-order chi connectivity index (χ1) is 6.11. The van der Waals surface area contributed by atoms with E-state index in [1.807, 2.05) is 20.8 Å². The van der Waals surface area contributed by atoms with Crippen LogP contribution in [0.1, 0.15) is 20.8 Å². The Morgan fingerprint density at radius 3 is 2.46 bits per heavy atom. The van der Waals surface area contributed by atoms with Gasteiger partial charge in [0.15, 0.2) is 0 Å². The predicted molar refractivity (Wildman–Crippen MR) is 52.4 cm³/mol. The summed E-state index contributed by atoms with van der Waals surface area (Å²) in [4.78, 5) is 11.2. The largest absolute Gasteiger partial charge is 0.394 e. The topological polar surface area (TPSA) is 61.4 Å². The smallest absolute Gasteiger partial charge is 0.234 e. The van der Waals surface area contributed by atoms with Gasteiger partial charge in [0.2, 0.25) is 5.91 Å². The maximum absolute atomic E-state index is 11.2. The third-order valence-corrected chi connectivity index (χ3v) is 1.88. The first kappa shape index (κ1) is 12.4. The van der Waals surface area contributed by atoms with E-state index >= 15 is 0 Å². The number of aliphatic hydroxyl groups is 1. The molecule has 78 valence electrons. The maximum Gasteiger partial charge on any atom is 0.234 e. The summed E-state index contributed by atoms with van der Waals surface area (Å²) in [5, 5.41) is 14.6. The molecule has 0 aromatic carbocycles. The van der Waals surface area contributed by atoms with Gasteiger partial charge in [-0.25, -0.2) is 0 Å². The molecule has 0 unspecified atom stereocenters. The van der Waals surface area contributed by atoms with E-state index in [1.54, 1.807) is 0 Å². The number of hydrogen-bond acceptors (Lipinski definition) is 3. The van der Waals surface area contributed by atoms with Crippen molar-refractivity contribution in [3.05, 3.63) is 0 Å². The fraction of sp³-hybridized carbons (Fsp3) is 0.889. The van der Waals surface area contributed by atoms with Crippen molar-refractivity contribution in [3.63, 3.8) is 0 Å². The minimum Gasteiger partial charge on any atom is -0.394 e. The zero-order valence-electron chi connectivity index (χ0n) is 8.63. The molecule has 1 amide bonds. The molecular weight excluding hydrogens is 168 g/mol. The van der Waals surface area contributed by atoms with E-state index < -0.39 is 0 Å². The highest BCUT2D eigenvalue weighted by molar-refractivity contribution is 5.78. The third-order valence-electron chi connectivity index (χ3n) is 1.88. The minimum atomic E-state index is -0.133. The van der Waals surface area contributed by atoms with Crippen LogP contribution in [0.15, 0.2) is 0 Å². The van der Waals surface area contributed by atoms with Crippen molar-refractivity contribution in [1.29, 1.82) is 0 Å². The molecule has 0 saturated carbocycles. The van der Waals surface area contributed by atoms with E-state index in [0.29, 0.717) is 6.54 Å². The molecule has 0 aromatic rings. The molecular formula is C9H20N2O2. The number of aliphatic hydroxyl groups excluding tert-OH is 1. The molecule has 0 spiro atoms. The van der Waals surface area contributed by atoms with Crippen LogP contribution in [0.25, 0.3) is 0 Å². The molecule has 0 rings (SSSR count). The van der Waals surface area contributed by atoms with Gasteiger partial charge in [-0.15, -0.1) is 0 Å². The zero-order valence-corrected chi connectivity index (χ0v) is 8.63. The van der Waals surface area contributed by atoms with Gasteiger partial charge in [0.25, 0.3) is 0 Å². The summed E-state index contributed by atoms with van der Waals surface area (Å²) in [6.07, 6.45) is 0. The summed E-state index contributed by atoms with van der Waals surface area (Å²) < 4.78 is 0. The molecule has 0 saturated heterocycles. The van der Waals surface area contributed by atoms with E-state index in [-0.39, 0.29) is 24.5 Å². The van der Waals surface area contributed by atoms with Crippen LogP contribution >= 0.6 is 0 Å². The normalized spacial score (nSPS) is 13.0. The fourth-order valence-electron chi connectivity index (χ4n) is 0.919.